The van der Waals surface area contributed by atoms with E-state index in [1.54, 1.807) is 5.51 Å². The van der Waals surface area contributed by atoms with Crippen molar-refractivity contribution in [2.24, 2.45) is 0 Å². The van der Waals surface area contributed by atoms with Crippen molar-refractivity contribution >= 4 is 23.7 Å². The number of hydrogen-bond donors (Lipinski definition) is 2. The lowest BCUT2D eigenvalue weighted by Gasteiger charge is -2.03. The highest BCUT2D eigenvalue weighted by Gasteiger charge is 2.03. The second-order valence-electron chi connectivity index (χ2n) is 2.93. The van der Waals surface area contributed by atoms with E-state index in [4.69, 9.17) is 0 Å². The highest BCUT2D eigenvalue weighted by Crippen LogP contribution is 2.01. The lowest BCUT2D eigenvalue weighted by molar-refractivity contribution is -0.120. The van der Waals surface area contributed by atoms with Gasteiger partial charge in [0.15, 0.2) is 0 Å². The average molecular weight is 227 g/mol. The number of aromatic nitrogens is 1. The van der Waals surface area contributed by atoms with Crippen molar-refractivity contribution in [2.75, 3.05) is 13.1 Å². The van der Waals surface area contributed by atoms with Crippen LogP contribution in [0, 0.1) is 0 Å². The molecule has 0 bridgehead atoms. The van der Waals surface area contributed by atoms with E-state index in [-0.39, 0.29) is 5.91 Å². The minimum absolute atomic E-state index is 0.0352. The highest BCUT2D eigenvalue weighted by atomic mass is 32.1. The van der Waals surface area contributed by atoms with Gasteiger partial charge in [0, 0.05) is 18.5 Å². The molecule has 0 aliphatic heterocycles. The van der Waals surface area contributed by atoms with Crippen molar-refractivity contribution in [3.8, 4) is 0 Å². The Morgan fingerprint density at radius 3 is 3.07 bits per heavy atom. The molecule has 0 fully saturated rings. The maximum absolute atomic E-state index is 11.3. The summed E-state index contributed by atoms with van der Waals surface area (Å²) >= 11 is 1.48. The number of carbonyl (C=O) groups excluding carboxylic acids is 2. The fourth-order valence-electron chi connectivity index (χ4n) is 1.03. The van der Waals surface area contributed by atoms with E-state index in [2.05, 4.69) is 15.6 Å². The van der Waals surface area contributed by atoms with E-state index in [1.165, 1.54) is 11.3 Å². The summed E-state index contributed by atoms with van der Waals surface area (Å²) in [6, 6.07) is 0. The SMILES string of the molecule is O=CNCCCNC(=O)Cc1cscn1. The molecule has 0 saturated carbocycles. The molecular formula is C9H13N3O2S. The number of thiazole rings is 1. The molecule has 5 nitrogen and oxygen atoms in total. The summed E-state index contributed by atoms with van der Waals surface area (Å²) in [6.07, 6.45) is 1.71. The van der Waals surface area contributed by atoms with Crippen LogP contribution in [0.2, 0.25) is 0 Å². The van der Waals surface area contributed by atoms with Crippen molar-refractivity contribution in [1.82, 2.24) is 15.6 Å². The average Bonchev–Trinajstić information content (AvgIpc) is 2.70. The van der Waals surface area contributed by atoms with Gasteiger partial charge in [0.25, 0.3) is 0 Å². The van der Waals surface area contributed by atoms with Gasteiger partial charge in [-0.1, -0.05) is 0 Å². The maximum atomic E-state index is 11.3. The van der Waals surface area contributed by atoms with Crippen LogP contribution in [0.1, 0.15) is 12.1 Å². The number of hydrogen-bond acceptors (Lipinski definition) is 4. The first-order valence-electron chi connectivity index (χ1n) is 4.63. The minimum atomic E-state index is -0.0352. The smallest absolute Gasteiger partial charge is 0.226 e. The van der Waals surface area contributed by atoms with Crippen LogP contribution in [0.5, 0.6) is 0 Å². The van der Waals surface area contributed by atoms with E-state index < -0.39 is 0 Å². The van der Waals surface area contributed by atoms with E-state index in [1.807, 2.05) is 5.38 Å². The van der Waals surface area contributed by atoms with Gasteiger partial charge in [-0.3, -0.25) is 9.59 Å². The largest absolute Gasteiger partial charge is 0.359 e. The standard InChI is InChI=1S/C9H13N3O2S/c13-6-10-2-1-3-11-9(14)4-8-5-15-7-12-8/h5-7H,1-4H2,(H,10,13)(H,11,14). The molecule has 0 radical (unpaired) electrons. The van der Waals surface area contributed by atoms with Crippen LogP contribution in [-0.4, -0.2) is 30.4 Å². The predicted octanol–water partition coefficient (Wildman–Crippen LogP) is -0.0621. The normalized spacial score (nSPS) is 9.60. The van der Waals surface area contributed by atoms with E-state index in [0.717, 1.165) is 12.1 Å². The van der Waals surface area contributed by atoms with Gasteiger partial charge in [0.2, 0.25) is 12.3 Å². The van der Waals surface area contributed by atoms with Crippen LogP contribution in [0.25, 0.3) is 0 Å². The molecule has 1 aromatic heterocycles. The Hall–Kier alpha value is -1.43. The molecule has 2 N–H and O–H groups in total. The van der Waals surface area contributed by atoms with Crippen LogP contribution in [0.3, 0.4) is 0 Å². The van der Waals surface area contributed by atoms with Gasteiger partial charge < -0.3 is 10.6 Å². The second-order valence-corrected chi connectivity index (χ2v) is 3.65. The van der Waals surface area contributed by atoms with Gasteiger partial charge in [0.1, 0.15) is 0 Å². The van der Waals surface area contributed by atoms with Crippen molar-refractivity contribution < 1.29 is 9.59 Å². The zero-order valence-corrected chi connectivity index (χ0v) is 9.05. The Morgan fingerprint density at radius 1 is 1.53 bits per heavy atom. The highest BCUT2D eigenvalue weighted by molar-refractivity contribution is 7.07. The monoisotopic (exact) mass is 227 g/mol. The third-order valence-electron chi connectivity index (χ3n) is 1.73. The lowest BCUT2D eigenvalue weighted by atomic mass is 10.3. The number of carbonyl (C=O) groups is 2. The summed E-state index contributed by atoms with van der Waals surface area (Å²) in [5.41, 5.74) is 2.50. The Kier molecular flexibility index (Phi) is 5.39. The molecule has 0 saturated heterocycles. The van der Waals surface area contributed by atoms with Crippen molar-refractivity contribution in [3.05, 3.63) is 16.6 Å². The molecule has 6 heteroatoms. The summed E-state index contributed by atoms with van der Waals surface area (Å²) < 4.78 is 0. The molecule has 0 unspecified atom stereocenters. The van der Waals surface area contributed by atoms with Gasteiger partial charge >= 0.3 is 0 Å². The van der Waals surface area contributed by atoms with Crippen molar-refractivity contribution in [3.63, 3.8) is 0 Å². The third kappa shape index (κ3) is 5.11. The topological polar surface area (TPSA) is 71.1 Å². The molecule has 1 heterocycles. The minimum Gasteiger partial charge on any atom is -0.359 e. The van der Waals surface area contributed by atoms with E-state index >= 15 is 0 Å². The third-order valence-corrected chi connectivity index (χ3v) is 2.36. The summed E-state index contributed by atoms with van der Waals surface area (Å²) in [5.74, 6) is -0.0352. The molecule has 82 valence electrons. The molecule has 2 amide bonds. The molecule has 0 aliphatic carbocycles. The van der Waals surface area contributed by atoms with Crippen molar-refractivity contribution in [2.45, 2.75) is 12.8 Å². The van der Waals surface area contributed by atoms with E-state index in [9.17, 15) is 9.59 Å². The van der Waals surface area contributed by atoms with Gasteiger partial charge in [-0.25, -0.2) is 4.98 Å². The molecule has 1 rings (SSSR count). The second kappa shape index (κ2) is 6.94. The number of nitrogens with one attached hydrogen (secondary N) is 2. The van der Waals surface area contributed by atoms with Crippen LogP contribution in [-0.2, 0) is 16.0 Å². The molecule has 0 atom stereocenters. The maximum Gasteiger partial charge on any atom is 0.226 e. The molecule has 0 spiro atoms. The zero-order valence-electron chi connectivity index (χ0n) is 8.23. The first-order chi connectivity index (χ1) is 7.33. The fraction of sp³-hybridized carbons (Fsp3) is 0.444. The molecule has 0 aliphatic rings. The Morgan fingerprint density at radius 2 is 2.40 bits per heavy atom. The lowest BCUT2D eigenvalue weighted by Crippen LogP contribution is -2.28. The Bertz CT molecular complexity index is 300. The van der Waals surface area contributed by atoms with E-state index in [0.29, 0.717) is 25.9 Å². The summed E-state index contributed by atoms with van der Waals surface area (Å²) in [5, 5.41) is 7.13. The van der Waals surface area contributed by atoms with Gasteiger partial charge in [-0.15, -0.1) is 11.3 Å². The van der Waals surface area contributed by atoms with Crippen LogP contribution in [0.4, 0.5) is 0 Å². The first-order valence-corrected chi connectivity index (χ1v) is 5.58. The summed E-state index contributed by atoms with van der Waals surface area (Å²) in [6.45, 7) is 1.16. The predicted molar refractivity (Wildman–Crippen MR) is 57.5 cm³/mol. The van der Waals surface area contributed by atoms with Crippen LogP contribution < -0.4 is 10.6 Å². The number of nitrogens with zero attached hydrogens (tertiary/aromatic N) is 1. The quantitative estimate of drug-likeness (QED) is 0.506. The first kappa shape index (κ1) is 11.6. The van der Waals surface area contributed by atoms with Gasteiger partial charge in [0.05, 0.1) is 17.6 Å². The molecule has 0 aromatic carbocycles. The Balaban J connectivity index is 2.06. The van der Waals surface area contributed by atoms with Crippen LogP contribution >= 0.6 is 11.3 Å². The van der Waals surface area contributed by atoms with Gasteiger partial charge in [-0.2, -0.15) is 0 Å². The van der Waals surface area contributed by atoms with Gasteiger partial charge in [-0.05, 0) is 6.42 Å². The molecular weight excluding hydrogens is 214 g/mol. The fourth-order valence-corrected chi connectivity index (χ4v) is 1.59. The Labute approximate surface area is 91.9 Å². The summed E-state index contributed by atoms with van der Waals surface area (Å²) in [7, 11) is 0. The number of rotatable bonds is 7. The van der Waals surface area contributed by atoms with Crippen molar-refractivity contribution in [1.29, 1.82) is 0 Å². The zero-order chi connectivity index (χ0) is 10.9. The molecule has 15 heavy (non-hydrogen) atoms. The van der Waals surface area contributed by atoms with Crippen LogP contribution in [0.15, 0.2) is 10.9 Å². The summed E-state index contributed by atoms with van der Waals surface area (Å²) in [4.78, 5) is 25.2. The number of amides is 2. The molecule has 1 aromatic rings.